The summed E-state index contributed by atoms with van der Waals surface area (Å²) in [6.07, 6.45) is 0. The molecule has 0 aromatic heterocycles. The molecule has 0 bridgehead atoms. The molecule has 0 atom stereocenters. The van der Waals surface area contributed by atoms with E-state index in [-0.39, 0.29) is 19.0 Å². The molecule has 1 amide bonds. The molecule has 0 saturated carbocycles. The molecule has 21 heavy (non-hydrogen) atoms. The number of nitrogens with two attached hydrogens (primary N) is 1. The molecule has 3 rings (SSSR count). The Morgan fingerprint density at radius 1 is 1.19 bits per heavy atom. The van der Waals surface area contributed by atoms with Crippen molar-refractivity contribution < 1.29 is 18.7 Å². The van der Waals surface area contributed by atoms with Gasteiger partial charge in [-0.2, -0.15) is 0 Å². The van der Waals surface area contributed by atoms with Gasteiger partial charge < -0.3 is 20.5 Å². The predicted octanol–water partition coefficient (Wildman–Crippen LogP) is 2.27. The number of rotatable bonds is 3. The summed E-state index contributed by atoms with van der Waals surface area (Å²) in [6, 6.07) is 9.25. The van der Waals surface area contributed by atoms with Gasteiger partial charge in [0.15, 0.2) is 11.5 Å². The van der Waals surface area contributed by atoms with Gasteiger partial charge in [0.25, 0.3) is 5.91 Å². The number of carbonyl (C=O) groups is 1. The van der Waals surface area contributed by atoms with Crippen molar-refractivity contribution in [1.82, 2.24) is 0 Å². The molecular formula is C15H13FN2O3. The lowest BCUT2D eigenvalue weighted by atomic mass is 10.1. The molecule has 3 N–H and O–H groups in total. The molecule has 0 radical (unpaired) electrons. The van der Waals surface area contributed by atoms with Crippen LogP contribution >= 0.6 is 0 Å². The largest absolute Gasteiger partial charge is 0.454 e. The quantitative estimate of drug-likeness (QED) is 0.908. The number of nitrogens with one attached hydrogen (secondary N) is 1. The van der Waals surface area contributed by atoms with Crippen LogP contribution in [0.25, 0.3) is 0 Å². The normalized spacial score (nSPS) is 12.3. The summed E-state index contributed by atoms with van der Waals surface area (Å²) in [5.74, 6) is 0.145. The van der Waals surface area contributed by atoms with E-state index in [4.69, 9.17) is 15.2 Å². The smallest absolute Gasteiger partial charge is 0.255 e. The summed E-state index contributed by atoms with van der Waals surface area (Å²) in [6.45, 7) is 0.378. The van der Waals surface area contributed by atoms with Gasteiger partial charge in [0.1, 0.15) is 5.82 Å². The second-order valence-corrected chi connectivity index (χ2v) is 4.54. The van der Waals surface area contributed by atoms with Crippen LogP contribution in [-0.2, 0) is 6.54 Å². The number of anilines is 1. The van der Waals surface area contributed by atoms with Crippen LogP contribution in [0.2, 0.25) is 0 Å². The SMILES string of the molecule is NCc1ccc(NC(=O)c2ccc3c(c2)OCO3)c(F)c1. The van der Waals surface area contributed by atoms with Crippen LogP contribution in [-0.4, -0.2) is 12.7 Å². The Morgan fingerprint density at radius 2 is 2.00 bits per heavy atom. The highest BCUT2D eigenvalue weighted by Crippen LogP contribution is 2.32. The standard InChI is InChI=1S/C15H13FN2O3/c16-11-5-9(7-17)1-3-12(11)18-15(19)10-2-4-13-14(6-10)21-8-20-13/h1-6H,7-8,17H2,(H,18,19). The number of ether oxygens (including phenoxy) is 2. The highest BCUT2D eigenvalue weighted by atomic mass is 19.1. The number of carbonyl (C=O) groups excluding carboxylic acids is 1. The Balaban J connectivity index is 1.80. The Hall–Kier alpha value is -2.60. The summed E-state index contributed by atoms with van der Waals surface area (Å²) in [7, 11) is 0. The third kappa shape index (κ3) is 2.66. The number of benzene rings is 2. The van der Waals surface area contributed by atoms with Crippen molar-refractivity contribution in [3.63, 3.8) is 0 Å². The zero-order chi connectivity index (χ0) is 14.8. The first-order chi connectivity index (χ1) is 10.2. The number of hydrogen-bond acceptors (Lipinski definition) is 4. The van der Waals surface area contributed by atoms with Gasteiger partial charge >= 0.3 is 0 Å². The molecule has 1 aliphatic heterocycles. The molecule has 6 heteroatoms. The molecule has 0 spiro atoms. The Kier molecular flexibility index (Phi) is 3.45. The summed E-state index contributed by atoms with van der Waals surface area (Å²) < 4.78 is 24.2. The van der Waals surface area contributed by atoms with Crippen molar-refractivity contribution in [1.29, 1.82) is 0 Å². The highest BCUT2D eigenvalue weighted by Gasteiger charge is 2.17. The van der Waals surface area contributed by atoms with Gasteiger partial charge in [-0.3, -0.25) is 4.79 Å². The number of amides is 1. The first kappa shape index (κ1) is 13.4. The second kappa shape index (κ2) is 5.41. The van der Waals surface area contributed by atoms with Crippen LogP contribution < -0.4 is 20.5 Å². The number of halogens is 1. The maximum absolute atomic E-state index is 13.8. The Bertz CT molecular complexity index is 703. The monoisotopic (exact) mass is 288 g/mol. The highest BCUT2D eigenvalue weighted by molar-refractivity contribution is 6.04. The lowest BCUT2D eigenvalue weighted by Crippen LogP contribution is -2.13. The van der Waals surface area contributed by atoms with Crippen LogP contribution in [0.15, 0.2) is 36.4 Å². The third-order valence-corrected chi connectivity index (χ3v) is 3.15. The topological polar surface area (TPSA) is 73.6 Å². The zero-order valence-electron chi connectivity index (χ0n) is 11.1. The van der Waals surface area contributed by atoms with Gasteiger partial charge in [-0.25, -0.2) is 4.39 Å². The van der Waals surface area contributed by atoms with E-state index in [1.165, 1.54) is 12.1 Å². The minimum atomic E-state index is -0.521. The Labute approximate surface area is 120 Å². The first-order valence-electron chi connectivity index (χ1n) is 6.37. The number of fused-ring (bicyclic) bond motifs is 1. The molecule has 0 unspecified atom stereocenters. The van der Waals surface area contributed by atoms with E-state index in [0.29, 0.717) is 22.6 Å². The lowest BCUT2D eigenvalue weighted by molar-refractivity contribution is 0.102. The van der Waals surface area contributed by atoms with Crippen molar-refractivity contribution in [3.05, 3.63) is 53.3 Å². The maximum atomic E-state index is 13.8. The molecular weight excluding hydrogens is 275 g/mol. The van der Waals surface area contributed by atoms with E-state index in [0.717, 1.165) is 0 Å². The Morgan fingerprint density at radius 3 is 2.76 bits per heavy atom. The summed E-state index contributed by atoms with van der Waals surface area (Å²) in [5, 5.41) is 2.52. The van der Waals surface area contributed by atoms with Crippen LogP contribution in [0.4, 0.5) is 10.1 Å². The van der Waals surface area contributed by atoms with E-state index < -0.39 is 11.7 Å². The molecule has 2 aromatic rings. The van der Waals surface area contributed by atoms with E-state index in [1.807, 2.05) is 0 Å². The third-order valence-electron chi connectivity index (χ3n) is 3.15. The molecule has 0 saturated heterocycles. The van der Waals surface area contributed by atoms with Crippen LogP contribution in [0.1, 0.15) is 15.9 Å². The van der Waals surface area contributed by atoms with Gasteiger partial charge in [0, 0.05) is 12.1 Å². The van der Waals surface area contributed by atoms with Gasteiger partial charge in [-0.15, -0.1) is 0 Å². The molecule has 108 valence electrons. The van der Waals surface area contributed by atoms with Gasteiger partial charge in [0.05, 0.1) is 5.69 Å². The first-order valence-corrected chi connectivity index (χ1v) is 6.37. The fraction of sp³-hybridized carbons (Fsp3) is 0.133. The fourth-order valence-electron chi connectivity index (χ4n) is 2.02. The van der Waals surface area contributed by atoms with Crippen molar-refractivity contribution in [2.45, 2.75) is 6.54 Å². The maximum Gasteiger partial charge on any atom is 0.255 e. The lowest BCUT2D eigenvalue weighted by Gasteiger charge is -2.08. The average Bonchev–Trinajstić information content (AvgIpc) is 2.96. The van der Waals surface area contributed by atoms with Crippen LogP contribution in [0.5, 0.6) is 11.5 Å². The molecule has 0 aliphatic carbocycles. The number of hydrogen-bond donors (Lipinski definition) is 2. The minimum Gasteiger partial charge on any atom is -0.454 e. The molecule has 1 heterocycles. The van der Waals surface area contributed by atoms with Crippen molar-refractivity contribution in [2.75, 3.05) is 12.1 Å². The second-order valence-electron chi connectivity index (χ2n) is 4.54. The van der Waals surface area contributed by atoms with Crippen LogP contribution in [0, 0.1) is 5.82 Å². The average molecular weight is 288 g/mol. The van der Waals surface area contributed by atoms with Gasteiger partial charge in [-0.1, -0.05) is 6.07 Å². The zero-order valence-corrected chi connectivity index (χ0v) is 11.1. The van der Waals surface area contributed by atoms with Crippen molar-refractivity contribution >= 4 is 11.6 Å². The minimum absolute atomic E-state index is 0.106. The fourth-order valence-corrected chi connectivity index (χ4v) is 2.02. The van der Waals surface area contributed by atoms with E-state index in [2.05, 4.69) is 5.32 Å². The van der Waals surface area contributed by atoms with Crippen molar-refractivity contribution in [3.8, 4) is 11.5 Å². The van der Waals surface area contributed by atoms with E-state index in [1.54, 1.807) is 24.3 Å². The molecule has 0 fully saturated rings. The molecule has 1 aliphatic rings. The molecule has 2 aromatic carbocycles. The van der Waals surface area contributed by atoms with Gasteiger partial charge in [0.2, 0.25) is 6.79 Å². The summed E-state index contributed by atoms with van der Waals surface area (Å²) >= 11 is 0. The van der Waals surface area contributed by atoms with Crippen LogP contribution in [0.3, 0.4) is 0 Å². The summed E-state index contributed by atoms with van der Waals surface area (Å²) in [4.78, 5) is 12.1. The van der Waals surface area contributed by atoms with Gasteiger partial charge in [-0.05, 0) is 35.9 Å². The van der Waals surface area contributed by atoms with E-state index in [9.17, 15) is 9.18 Å². The molecule has 5 nitrogen and oxygen atoms in total. The summed E-state index contributed by atoms with van der Waals surface area (Å²) in [5.41, 5.74) is 6.56. The predicted molar refractivity (Wildman–Crippen MR) is 74.8 cm³/mol. The van der Waals surface area contributed by atoms with E-state index >= 15 is 0 Å². The van der Waals surface area contributed by atoms with Crippen molar-refractivity contribution in [2.24, 2.45) is 5.73 Å².